The van der Waals surface area contributed by atoms with E-state index in [9.17, 15) is 14.3 Å². The van der Waals surface area contributed by atoms with E-state index >= 15 is 0 Å². The number of urea groups is 1. The smallest absolute Gasteiger partial charge is 0.315 e. The number of carbonyl (C=O) groups excluding carboxylic acids is 1. The normalized spacial score (nSPS) is 17.4. The van der Waals surface area contributed by atoms with Crippen LogP contribution < -0.4 is 10.6 Å². The molecule has 1 aliphatic rings. The molecule has 0 fully saturated rings. The number of nitrogens with zero attached hydrogens (tertiary/aromatic N) is 2. The van der Waals surface area contributed by atoms with Crippen LogP contribution in [0.15, 0.2) is 30.5 Å². The van der Waals surface area contributed by atoms with Crippen LogP contribution in [0.5, 0.6) is 0 Å². The number of aryl methyl sites for hydroxylation is 1. The third kappa shape index (κ3) is 4.40. The number of halogens is 1. The van der Waals surface area contributed by atoms with Gasteiger partial charge in [-0.25, -0.2) is 9.18 Å². The van der Waals surface area contributed by atoms with Gasteiger partial charge in [0.15, 0.2) is 0 Å². The summed E-state index contributed by atoms with van der Waals surface area (Å²) < 4.78 is 14.8. The molecule has 0 unspecified atom stereocenters. The molecule has 2 atom stereocenters. The first-order chi connectivity index (χ1) is 12.6. The molecule has 0 saturated carbocycles. The number of fused-ring (bicyclic) bond motifs is 1. The van der Waals surface area contributed by atoms with E-state index in [2.05, 4.69) is 15.7 Å². The monoisotopic (exact) mass is 360 g/mol. The lowest BCUT2D eigenvalue weighted by atomic mass is 9.93. The Hall–Kier alpha value is -2.41. The number of aliphatic hydroxyl groups excluding tert-OH is 1. The Labute approximate surface area is 152 Å². The number of hydrogen-bond donors (Lipinski definition) is 3. The van der Waals surface area contributed by atoms with Crippen molar-refractivity contribution in [3.05, 3.63) is 53.1 Å². The molecule has 3 N–H and O–H groups in total. The van der Waals surface area contributed by atoms with Crippen LogP contribution in [0.1, 0.15) is 35.7 Å². The van der Waals surface area contributed by atoms with Gasteiger partial charge in [-0.3, -0.25) is 4.68 Å². The minimum absolute atomic E-state index is 0.0304. The van der Waals surface area contributed by atoms with Crippen molar-refractivity contribution in [2.75, 3.05) is 13.2 Å². The Bertz CT molecular complexity index is 744. The Kier molecular flexibility index (Phi) is 5.88. The molecule has 6 nitrogen and oxygen atoms in total. The molecular weight excluding hydrogens is 335 g/mol. The summed E-state index contributed by atoms with van der Waals surface area (Å²) in [6.45, 7) is 0.306. The summed E-state index contributed by atoms with van der Waals surface area (Å²) in [5.41, 5.74) is 3.19. The third-order valence-electron chi connectivity index (χ3n) is 4.93. The molecule has 2 aromatic rings. The summed E-state index contributed by atoms with van der Waals surface area (Å²) >= 11 is 0. The van der Waals surface area contributed by atoms with Gasteiger partial charge in [0.2, 0.25) is 0 Å². The van der Waals surface area contributed by atoms with Gasteiger partial charge in [-0.15, -0.1) is 0 Å². The van der Waals surface area contributed by atoms with E-state index in [0.29, 0.717) is 13.0 Å². The van der Waals surface area contributed by atoms with E-state index in [1.807, 2.05) is 17.9 Å². The van der Waals surface area contributed by atoms with Crippen molar-refractivity contribution in [3.63, 3.8) is 0 Å². The van der Waals surface area contributed by atoms with Crippen LogP contribution in [0.3, 0.4) is 0 Å². The summed E-state index contributed by atoms with van der Waals surface area (Å²) in [5, 5.41) is 19.7. The topological polar surface area (TPSA) is 79.2 Å². The molecule has 1 aromatic carbocycles. The Morgan fingerprint density at radius 2 is 2.19 bits per heavy atom. The van der Waals surface area contributed by atoms with Gasteiger partial charge < -0.3 is 15.7 Å². The maximum absolute atomic E-state index is 13.0. The average Bonchev–Trinajstić information content (AvgIpc) is 3.02. The highest BCUT2D eigenvalue weighted by atomic mass is 19.1. The zero-order chi connectivity index (χ0) is 18.5. The first-order valence-corrected chi connectivity index (χ1v) is 8.97. The summed E-state index contributed by atoms with van der Waals surface area (Å²) in [4.78, 5) is 12.3. The van der Waals surface area contributed by atoms with Crippen molar-refractivity contribution in [1.82, 2.24) is 20.4 Å². The average molecular weight is 360 g/mol. The number of hydrogen-bond acceptors (Lipinski definition) is 3. The lowest BCUT2D eigenvalue weighted by Crippen LogP contribution is -2.41. The molecule has 0 aliphatic heterocycles. The molecule has 2 amide bonds. The van der Waals surface area contributed by atoms with Crippen molar-refractivity contribution >= 4 is 6.03 Å². The third-order valence-corrected chi connectivity index (χ3v) is 4.93. The number of rotatable bonds is 6. The number of aromatic nitrogens is 2. The van der Waals surface area contributed by atoms with Gasteiger partial charge in [0.05, 0.1) is 12.2 Å². The Morgan fingerprint density at radius 3 is 2.92 bits per heavy atom. The predicted molar refractivity (Wildman–Crippen MR) is 96.1 cm³/mol. The quantitative estimate of drug-likeness (QED) is 0.738. The fraction of sp³-hybridized carbons (Fsp3) is 0.474. The van der Waals surface area contributed by atoms with Gasteiger partial charge in [0, 0.05) is 37.4 Å². The van der Waals surface area contributed by atoms with Crippen molar-refractivity contribution in [2.45, 2.75) is 31.7 Å². The zero-order valence-corrected chi connectivity index (χ0v) is 14.9. The summed E-state index contributed by atoms with van der Waals surface area (Å²) in [6.07, 6.45) is 5.29. The fourth-order valence-corrected chi connectivity index (χ4v) is 3.46. The SMILES string of the molecule is Cn1ncc2c1CCC[C@H]2NC(=O)NC[C@@H](CO)Cc1ccc(F)cc1. The molecule has 140 valence electrons. The van der Waals surface area contributed by atoms with Crippen molar-refractivity contribution in [2.24, 2.45) is 13.0 Å². The van der Waals surface area contributed by atoms with Gasteiger partial charge in [0.25, 0.3) is 0 Å². The number of amides is 2. The Balaban J connectivity index is 1.51. The van der Waals surface area contributed by atoms with Crippen LogP contribution in [0.2, 0.25) is 0 Å². The molecule has 26 heavy (non-hydrogen) atoms. The van der Waals surface area contributed by atoms with Crippen LogP contribution in [-0.4, -0.2) is 34.1 Å². The fourth-order valence-electron chi connectivity index (χ4n) is 3.46. The highest BCUT2D eigenvalue weighted by Gasteiger charge is 2.24. The van der Waals surface area contributed by atoms with Gasteiger partial charge in [0.1, 0.15) is 5.82 Å². The van der Waals surface area contributed by atoms with Crippen molar-refractivity contribution < 1.29 is 14.3 Å². The molecule has 1 aromatic heterocycles. The van der Waals surface area contributed by atoms with E-state index in [4.69, 9.17) is 0 Å². The summed E-state index contributed by atoms with van der Waals surface area (Å²) in [5.74, 6) is -0.402. The van der Waals surface area contributed by atoms with E-state index < -0.39 is 0 Å². The maximum atomic E-state index is 13.0. The zero-order valence-electron chi connectivity index (χ0n) is 14.9. The second-order valence-corrected chi connectivity index (χ2v) is 6.85. The van der Waals surface area contributed by atoms with Crippen LogP contribution in [0.4, 0.5) is 9.18 Å². The van der Waals surface area contributed by atoms with Crippen LogP contribution >= 0.6 is 0 Å². The van der Waals surface area contributed by atoms with E-state index in [1.54, 1.807) is 12.1 Å². The van der Waals surface area contributed by atoms with E-state index in [1.165, 1.54) is 17.8 Å². The van der Waals surface area contributed by atoms with Gasteiger partial charge in [-0.05, 0) is 43.4 Å². The lowest BCUT2D eigenvalue weighted by Gasteiger charge is -2.24. The highest BCUT2D eigenvalue weighted by Crippen LogP contribution is 2.28. The summed E-state index contributed by atoms with van der Waals surface area (Å²) in [7, 11) is 1.92. The van der Waals surface area contributed by atoms with Gasteiger partial charge >= 0.3 is 6.03 Å². The molecule has 0 radical (unpaired) electrons. The van der Waals surface area contributed by atoms with Crippen molar-refractivity contribution in [1.29, 1.82) is 0 Å². The molecule has 0 saturated heterocycles. The molecule has 1 aliphatic carbocycles. The van der Waals surface area contributed by atoms with Crippen LogP contribution in [0, 0.1) is 11.7 Å². The minimum Gasteiger partial charge on any atom is -0.396 e. The molecule has 3 rings (SSSR count). The van der Waals surface area contributed by atoms with Gasteiger partial charge in [-0.1, -0.05) is 12.1 Å². The number of nitrogens with one attached hydrogen (secondary N) is 2. The second-order valence-electron chi connectivity index (χ2n) is 6.85. The van der Waals surface area contributed by atoms with E-state index in [-0.39, 0.29) is 30.4 Å². The van der Waals surface area contributed by atoms with Crippen molar-refractivity contribution in [3.8, 4) is 0 Å². The van der Waals surface area contributed by atoms with Crippen LogP contribution in [0.25, 0.3) is 0 Å². The standard InChI is InChI=1S/C19H25FN4O2/c1-24-18-4-2-3-17(16(18)11-22-24)23-19(26)21-10-14(12-25)9-13-5-7-15(20)8-6-13/h5-8,11,14,17,25H,2-4,9-10,12H2,1H3,(H2,21,23,26)/t14-,17+/m0/s1. The summed E-state index contributed by atoms with van der Waals surface area (Å²) in [6, 6.07) is 5.92. The largest absolute Gasteiger partial charge is 0.396 e. The Morgan fingerprint density at radius 1 is 1.42 bits per heavy atom. The molecular formula is C19H25FN4O2. The molecule has 1 heterocycles. The second kappa shape index (κ2) is 8.31. The number of carbonyl (C=O) groups is 1. The molecule has 7 heteroatoms. The van der Waals surface area contributed by atoms with Crippen LogP contribution in [-0.2, 0) is 19.9 Å². The maximum Gasteiger partial charge on any atom is 0.315 e. The predicted octanol–water partition coefficient (Wildman–Crippen LogP) is 2.09. The first-order valence-electron chi connectivity index (χ1n) is 8.97. The van der Waals surface area contributed by atoms with Gasteiger partial charge in [-0.2, -0.15) is 5.10 Å². The minimum atomic E-state index is -0.283. The van der Waals surface area contributed by atoms with E-state index in [0.717, 1.165) is 30.4 Å². The molecule has 0 bridgehead atoms. The highest BCUT2D eigenvalue weighted by molar-refractivity contribution is 5.74. The number of benzene rings is 1. The molecule has 0 spiro atoms. The number of aliphatic hydroxyl groups is 1. The first kappa shape index (κ1) is 18.4. The lowest BCUT2D eigenvalue weighted by molar-refractivity contribution is 0.212.